The van der Waals surface area contributed by atoms with Crippen molar-refractivity contribution >= 4 is 40.6 Å². The van der Waals surface area contributed by atoms with Gasteiger partial charge in [0.05, 0.1) is 31.7 Å². The lowest BCUT2D eigenvalue weighted by molar-refractivity contribution is -0.123. The van der Waals surface area contributed by atoms with E-state index in [9.17, 15) is 19.5 Å². The van der Waals surface area contributed by atoms with E-state index in [4.69, 9.17) is 25.7 Å². The minimum Gasteiger partial charge on any atom is -0.508 e. The lowest BCUT2D eigenvalue weighted by Crippen LogP contribution is -2.45. The highest BCUT2D eigenvalue weighted by atomic mass is 32.1. The van der Waals surface area contributed by atoms with E-state index < -0.39 is 23.8 Å². The number of nitrogens with one attached hydrogen (secondary N) is 1. The number of anilines is 2. The number of primary amides is 1. The number of hydrogen-bond donors (Lipinski definition) is 4. The SMILES string of the molecule is COc1ccc(N(C(=O)c2snc(C(N)=O)c2N)C(C(=O)NCC2CCCO2)c2ccc(O)cc2)c(OC)c1. The van der Waals surface area contributed by atoms with Crippen LogP contribution in [0.5, 0.6) is 17.2 Å². The van der Waals surface area contributed by atoms with Gasteiger partial charge in [-0.25, -0.2) is 0 Å². The molecule has 6 N–H and O–H groups in total. The molecule has 1 aliphatic heterocycles. The van der Waals surface area contributed by atoms with Gasteiger partial charge in [0.25, 0.3) is 11.8 Å². The molecule has 0 spiro atoms. The van der Waals surface area contributed by atoms with Crippen molar-refractivity contribution in [2.75, 3.05) is 38.0 Å². The van der Waals surface area contributed by atoms with Gasteiger partial charge in [-0.2, -0.15) is 4.37 Å². The monoisotopic (exact) mass is 555 g/mol. The van der Waals surface area contributed by atoms with Crippen molar-refractivity contribution in [3.8, 4) is 17.2 Å². The minimum atomic E-state index is -1.25. The summed E-state index contributed by atoms with van der Waals surface area (Å²) in [6, 6.07) is 9.40. The van der Waals surface area contributed by atoms with Gasteiger partial charge in [-0.1, -0.05) is 12.1 Å². The molecular weight excluding hydrogens is 526 g/mol. The van der Waals surface area contributed by atoms with Gasteiger partial charge in [-0.15, -0.1) is 0 Å². The summed E-state index contributed by atoms with van der Waals surface area (Å²) in [7, 11) is 2.90. The number of hydrogen-bond acceptors (Lipinski definition) is 10. The Balaban J connectivity index is 1.87. The third-order valence-electron chi connectivity index (χ3n) is 6.26. The summed E-state index contributed by atoms with van der Waals surface area (Å²) in [6.07, 6.45) is 1.54. The van der Waals surface area contributed by atoms with Crippen LogP contribution in [0.2, 0.25) is 0 Å². The number of ether oxygens (including phenoxy) is 3. The lowest BCUT2D eigenvalue weighted by Gasteiger charge is -2.32. The molecule has 0 radical (unpaired) electrons. The molecule has 3 aromatic rings. The van der Waals surface area contributed by atoms with Crippen LogP contribution >= 0.6 is 11.5 Å². The molecule has 4 rings (SSSR count). The van der Waals surface area contributed by atoms with Crippen LogP contribution in [-0.4, -0.2) is 60.7 Å². The largest absolute Gasteiger partial charge is 0.508 e. The molecule has 206 valence electrons. The van der Waals surface area contributed by atoms with Crippen molar-refractivity contribution in [2.24, 2.45) is 5.73 Å². The molecule has 1 aliphatic rings. The minimum absolute atomic E-state index is 0.0185. The Labute approximate surface area is 228 Å². The fourth-order valence-electron chi connectivity index (χ4n) is 4.28. The molecular formula is C26H29N5O7S. The van der Waals surface area contributed by atoms with Gasteiger partial charge in [0.15, 0.2) is 5.69 Å². The Morgan fingerprint density at radius 2 is 1.95 bits per heavy atom. The first kappa shape index (κ1) is 27.7. The molecule has 0 bridgehead atoms. The van der Waals surface area contributed by atoms with Gasteiger partial charge in [-0.05, 0) is 54.2 Å². The number of carbonyl (C=O) groups is 3. The molecule has 1 aromatic heterocycles. The topological polar surface area (TPSA) is 179 Å². The second kappa shape index (κ2) is 12.0. The smallest absolute Gasteiger partial charge is 0.273 e. The molecule has 1 fully saturated rings. The summed E-state index contributed by atoms with van der Waals surface area (Å²) in [6.45, 7) is 0.853. The highest BCUT2D eigenvalue weighted by Gasteiger charge is 2.38. The van der Waals surface area contributed by atoms with Crippen LogP contribution in [0.3, 0.4) is 0 Å². The average molecular weight is 556 g/mol. The first-order valence-corrected chi connectivity index (χ1v) is 12.8. The van der Waals surface area contributed by atoms with Crippen molar-refractivity contribution in [1.82, 2.24) is 9.69 Å². The molecule has 2 unspecified atom stereocenters. The number of aromatic nitrogens is 1. The van der Waals surface area contributed by atoms with Gasteiger partial charge in [0, 0.05) is 19.2 Å². The zero-order valence-corrected chi connectivity index (χ0v) is 22.2. The number of methoxy groups -OCH3 is 2. The van der Waals surface area contributed by atoms with E-state index in [0.29, 0.717) is 29.5 Å². The Hall–Kier alpha value is -4.36. The number of carbonyl (C=O) groups excluding carboxylic acids is 3. The summed E-state index contributed by atoms with van der Waals surface area (Å²) in [5.41, 5.74) is 11.7. The normalized spacial score (nSPS) is 15.4. The number of benzene rings is 2. The fraction of sp³-hybridized carbons (Fsp3) is 0.308. The number of nitrogen functional groups attached to an aromatic ring is 1. The van der Waals surface area contributed by atoms with Crippen molar-refractivity contribution in [3.05, 3.63) is 58.6 Å². The Kier molecular flexibility index (Phi) is 8.52. The number of nitrogens with zero attached hydrogens (tertiary/aromatic N) is 2. The average Bonchev–Trinajstić information content (AvgIpc) is 3.60. The summed E-state index contributed by atoms with van der Waals surface area (Å²) < 4.78 is 20.5. The maximum Gasteiger partial charge on any atom is 0.273 e. The number of amides is 3. The Bertz CT molecular complexity index is 1360. The first-order valence-electron chi connectivity index (χ1n) is 12.0. The predicted molar refractivity (Wildman–Crippen MR) is 144 cm³/mol. The van der Waals surface area contributed by atoms with Crippen LogP contribution in [0, 0.1) is 0 Å². The molecule has 13 heteroatoms. The summed E-state index contributed by atoms with van der Waals surface area (Å²) in [4.78, 5) is 41.0. The van der Waals surface area contributed by atoms with E-state index in [1.165, 1.54) is 43.4 Å². The van der Waals surface area contributed by atoms with Gasteiger partial charge in [0.2, 0.25) is 5.91 Å². The highest BCUT2D eigenvalue weighted by Crippen LogP contribution is 2.40. The summed E-state index contributed by atoms with van der Waals surface area (Å²) in [5, 5.41) is 12.8. The van der Waals surface area contributed by atoms with Gasteiger partial charge < -0.3 is 36.1 Å². The number of rotatable bonds is 10. The van der Waals surface area contributed by atoms with Gasteiger partial charge in [0.1, 0.15) is 28.2 Å². The summed E-state index contributed by atoms with van der Waals surface area (Å²) >= 11 is 0.693. The van der Waals surface area contributed by atoms with Gasteiger partial charge in [-0.3, -0.25) is 19.3 Å². The van der Waals surface area contributed by atoms with E-state index in [1.807, 2.05) is 0 Å². The molecule has 1 saturated heterocycles. The maximum absolute atomic E-state index is 14.2. The molecule has 2 aromatic carbocycles. The van der Waals surface area contributed by atoms with Gasteiger partial charge >= 0.3 is 0 Å². The zero-order chi connectivity index (χ0) is 28.1. The predicted octanol–water partition coefficient (Wildman–Crippen LogP) is 2.23. The van der Waals surface area contributed by atoms with Crippen molar-refractivity contribution < 1.29 is 33.7 Å². The zero-order valence-electron chi connectivity index (χ0n) is 21.4. The molecule has 0 aliphatic carbocycles. The van der Waals surface area contributed by atoms with Crippen LogP contribution < -0.4 is 31.2 Å². The Morgan fingerprint density at radius 3 is 2.54 bits per heavy atom. The van der Waals surface area contributed by atoms with E-state index in [1.54, 1.807) is 18.2 Å². The number of phenolic OH excluding ortho intramolecular Hbond substituents is 1. The Morgan fingerprint density at radius 1 is 1.21 bits per heavy atom. The molecule has 2 heterocycles. The molecule has 39 heavy (non-hydrogen) atoms. The molecule has 2 atom stereocenters. The van der Waals surface area contributed by atoms with E-state index in [-0.39, 0.29) is 46.1 Å². The van der Waals surface area contributed by atoms with Crippen molar-refractivity contribution in [3.63, 3.8) is 0 Å². The third-order valence-corrected chi connectivity index (χ3v) is 7.12. The van der Waals surface area contributed by atoms with Crippen LogP contribution in [0.1, 0.15) is 44.6 Å². The standard InChI is InChI=1S/C26H29N5O7S/c1-36-16-9-10-18(19(12-16)37-2)31(26(35)23-20(27)21(24(28)33)30-39-23)22(14-5-7-15(32)8-6-14)25(34)29-13-17-4-3-11-38-17/h5-10,12,17,22,32H,3-4,11,13,27H2,1-2H3,(H2,28,33)(H,29,34). The van der Waals surface area contributed by atoms with Crippen LogP contribution in [0.25, 0.3) is 0 Å². The van der Waals surface area contributed by atoms with Crippen molar-refractivity contribution in [1.29, 1.82) is 0 Å². The second-order valence-electron chi connectivity index (χ2n) is 8.73. The summed E-state index contributed by atoms with van der Waals surface area (Å²) in [5.74, 6) is -1.44. The van der Waals surface area contributed by atoms with E-state index >= 15 is 0 Å². The van der Waals surface area contributed by atoms with Crippen LogP contribution in [-0.2, 0) is 9.53 Å². The van der Waals surface area contributed by atoms with Crippen LogP contribution in [0.4, 0.5) is 11.4 Å². The number of phenols is 1. The molecule has 3 amide bonds. The number of aromatic hydroxyl groups is 1. The lowest BCUT2D eigenvalue weighted by atomic mass is 10.0. The first-order chi connectivity index (χ1) is 18.7. The van der Waals surface area contributed by atoms with Crippen molar-refractivity contribution in [2.45, 2.75) is 25.0 Å². The number of nitrogens with two attached hydrogens (primary N) is 2. The highest BCUT2D eigenvalue weighted by molar-refractivity contribution is 7.09. The molecule has 0 saturated carbocycles. The van der Waals surface area contributed by atoms with Crippen LogP contribution in [0.15, 0.2) is 42.5 Å². The fourth-order valence-corrected chi connectivity index (χ4v) is 5.02. The second-order valence-corrected chi connectivity index (χ2v) is 9.50. The quantitative estimate of drug-likeness (QED) is 0.292. The maximum atomic E-state index is 14.2. The van der Waals surface area contributed by atoms with E-state index in [2.05, 4.69) is 9.69 Å². The van der Waals surface area contributed by atoms with E-state index in [0.717, 1.165) is 12.8 Å². The third kappa shape index (κ3) is 5.89. The molecule has 12 nitrogen and oxygen atoms in total.